The van der Waals surface area contributed by atoms with Crippen molar-refractivity contribution in [2.24, 2.45) is 0 Å². The Morgan fingerprint density at radius 3 is 3.00 bits per heavy atom. The Morgan fingerprint density at radius 2 is 2.36 bits per heavy atom. The van der Waals surface area contributed by atoms with Crippen molar-refractivity contribution in [1.29, 1.82) is 5.26 Å². The van der Waals surface area contributed by atoms with Gasteiger partial charge in [-0.05, 0) is 0 Å². The first-order valence-electron chi connectivity index (χ1n) is 3.57. The quantitative estimate of drug-likeness (QED) is 0.704. The molecule has 0 aromatic carbocycles. The van der Waals surface area contributed by atoms with E-state index in [-0.39, 0.29) is 20.4 Å². The van der Waals surface area contributed by atoms with Crippen molar-refractivity contribution in [1.82, 2.24) is 4.98 Å². The smallest absolute Gasteiger partial charge is 0.159 e. The van der Waals surface area contributed by atoms with Gasteiger partial charge < -0.3 is 5.73 Å². The van der Waals surface area contributed by atoms with Crippen LogP contribution in [-0.4, -0.2) is 4.98 Å². The maximum Gasteiger partial charge on any atom is 0.159 e. The van der Waals surface area contributed by atoms with Gasteiger partial charge in [0.15, 0.2) is 5.82 Å². The molecule has 0 spiro atoms. The number of nitrogen functional groups attached to an aromatic ring is 1. The molecule has 0 aliphatic carbocycles. The molecule has 6 heteroatoms. The van der Waals surface area contributed by atoms with Gasteiger partial charge in [0.1, 0.15) is 16.2 Å². The van der Waals surface area contributed by atoms with Gasteiger partial charge >= 0.3 is 0 Å². The molecule has 14 heavy (non-hydrogen) atoms. The number of nitrogens with zero attached hydrogens (tertiary/aromatic N) is 2. The van der Waals surface area contributed by atoms with Gasteiger partial charge in [-0.2, -0.15) is 5.26 Å². The summed E-state index contributed by atoms with van der Waals surface area (Å²) >= 11 is 6.75. The van der Waals surface area contributed by atoms with E-state index in [1.807, 2.05) is 6.07 Å². The van der Waals surface area contributed by atoms with Gasteiger partial charge in [0.25, 0.3) is 0 Å². The van der Waals surface area contributed by atoms with Crippen molar-refractivity contribution in [2.75, 3.05) is 5.73 Å². The van der Waals surface area contributed by atoms with Gasteiger partial charge in [0, 0.05) is 0 Å². The summed E-state index contributed by atoms with van der Waals surface area (Å²) in [7, 11) is 0. The summed E-state index contributed by atoms with van der Waals surface area (Å²) in [6, 6.07) is 1.88. The predicted molar refractivity (Wildman–Crippen MR) is 53.7 cm³/mol. The third kappa shape index (κ3) is 1.12. The number of rotatable bonds is 0. The average Bonchev–Trinajstić information content (AvgIpc) is 2.50. The molecule has 0 unspecified atom stereocenters. The number of halogens is 2. The van der Waals surface area contributed by atoms with Crippen molar-refractivity contribution in [3.05, 3.63) is 22.7 Å². The largest absolute Gasteiger partial charge is 0.389 e. The van der Waals surface area contributed by atoms with Crippen LogP contribution in [0.15, 0.2) is 6.20 Å². The molecule has 2 heterocycles. The van der Waals surface area contributed by atoms with Crippen molar-refractivity contribution in [3.63, 3.8) is 0 Å². The molecular weight excluding hydrogens is 225 g/mol. The monoisotopic (exact) mass is 227 g/mol. The SMILES string of the molecule is N#Cc1c(N)sc2c(F)cnc(Cl)c12. The lowest BCUT2D eigenvalue weighted by Gasteiger charge is -1.93. The number of fused-ring (bicyclic) bond motifs is 1. The number of anilines is 1. The van der Waals surface area contributed by atoms with E-state index in [1.165, 1.54) is 0 Å². The van der Waals surface area contributed by atoms with Crippen LogP contribution in [-0.2, 0) is 0 Å². The highest BCUT2D eigenvalue weighted by Gasteiger charge is 2.16. The number of nitrogens with two attached hydrogens (primary N) is 1. The molecular formula is C8H3ClFN3S. The number of hydrogen-bond acceptors (Lipinski definition) is 4. The summed E-state index contributed by atoms with van der Waals surface area (Å²) in [5.74, 6) is -0.511. The van der Waals surface area contributed by atoms with Crippen LogP contribution in [0.1, 0.15) is 5.56 Å². The summed E-state index contributed by atoms with van der Waals surface area (Å²) in [6.45, 7) is 0. The van der Waals surface area contributed by atoms with E-state index >= 15 is 0 Å². The van der Waals surface area contributed by atoms with E-state index < -0.39 is 5.82 Å². The summed E-state index contributed by atoms with van der Waals surface area (Å²) < 4.78 is 13.5. The molecule has 0 bridgehead atoms. The van der Waals surface area contributed by atoms with E-state index in [2.05, 4.69) is 4.98 Å². The highest BCUT2D eigenvalue weighted by Crippen LogP contribution is 2.37. The zero-order chi connectivity index (χ0) is 10.3. The van der Waals surface area contributed by atoms with Crippen LogP contribution in [0.2, 0.25) is 5.15 Å². The lowest BCUT2D eigenvalue weighted by atomic mass is 10.2. The highest BCUT2D eigenvalue weighted by atomic mass is 35.5. The van der Waals surface area contributed by atoms with Crippen LogP contribution in [0, 0.1) is 17.1 Å². The Balaban J connectivity index is 3.03. The van der Waals surface area contributed by atoms with Gasteiger partial charge in [-0.25, -0.2) is 9.37 Å². The van der Waals surface area contributed by atoms with Gasteiger partial charge in [0.2, 0.25) is 0 Å². The van der Waals surface area contributed by atoms with Crippen molar-refractivity contribution in [2.45, 2.75) is 0 Å². The second-order valence-corrected chi connectivity index (χ2v) is 3.96. The van der Waals surface area contributed by atoms with E-state index in [9.17, 15) is 4.39 Å². The maximum absolute atomic E-state index is 13.2. The van der Waals surface area contributed by atoms with Crippen LogP contribution in [0.5, 0.6) is 0 Å². The van der Waals surface area contributed by atoms with Crippen LogP contribution in [0.25, 0.3) is 10.1 Å². The standard InChI is InChI=1S/C8H3ClFN3S/c9-7-5-3(1-11)8(12)14-6(5)4(10)2-13-7/h2H,12H2. The highest BCUT2D eigenvalue weighted by molar-refractivity contribution is 7.23. The third-order valence-electron chi connectivity index (χ3n) is 1.76. The summed E-state index contributed by atoms with van der Waals surface area (Å²) in [5.41, 5.74) is 5.74. The fourth-order valence-corrected chi connectivity index (χ4v) is 2.38. The molecule has 0 saturated carbocycles. The normalized spacial score (nSPS) is 10.4. The maximum atomic E-state index is 13.2. The molecule has 2 N–H and O–H groups in total. The molecule has 0 amide bonds. The van der Waals surface area contributed by atoms with Crippen molar-refractivity contribution in [3.8, 4) is 6.07 Å². The Labute approximate surface area is 87.5 Å². The molecule has 2 rings (SSSR count). The van der Waals surface area contributed by atoms with Crippen molar-refractivity contribution < 1.29 is 4.39 Å². The lowest BCUT2D eigenvalue weighted by molar-refractivity contribution is 0.636. The number of hydrogen-bond donors (Lipinski definition) is 1. The minimum Gasteiger partial charge on any atom is -0.389 e. The first-order chi connectivity index (χ1) is 6.65. The zero-order valence-corrected chi connectivity index (χ0v) is 8.29. The second kappa shape index (κ2) is 3.08. The predicted octanol–water partition coefficient (Wildman–Crippen LogP) is 2.54. The van der Waals surface area contributed by atoms with E-state index in [1.54, 1.807) is 0 Å². The minimum absolute atomic E-state index is 0.103. The molecule has 2 aromatic rings. The molecule has 70 valence electrons. The first kappa shape index (κ1) is 9.19. The fourth-order valence-electron chi connectivity index (χ4n) is 1.16. The molecule has 0 radical (unpaired) electrons. The number of aromatic nitrogens is 1. The third-order valence-corrected chi connectivity index (χ3v) is 3.08. The summed E-state index contributed by atoms with van der Waals surface area (Å²) in [6.07, 6.45) is 1.02. The lowest BCUT2D eigenvalue weighted by Crippen LogP contribution is -1.84. The second-order valence-electron chi connectivity index (χ2n) is 2.55. The van der Waals surface area contributed by atoms with Gasteiger partial charge in [-0.1, -0.05) is 11.6 Å². The zero-order valence-electron chi connectivity index (χ0n) is 6.71. The van der Waals surface area contributed by atoms with Crippen LogP contribution in [0.3, 0.4) is 0 Å². The number of pyridine rings is 1. The van der Waals surface area contributed by atoms with Gasteiger partial charge in [0.05, 0.1) is 21.8 Å². The Hall–Kier alpha value is -1.38. The Bertz CT molecular complexity index is 558. The summed E-state index contributed by atoms with van der Waals surface area (Å²) in [4.78, 5) is 3.62. The molecule has 0 atom stereocenters. The molecule has 3 nitrogen and oxygen atoms in total. The topological polar surface area (TPSA) is 62.7 Å². The summed E-state index contributed by atoms with van der Waals surface area (Å²) in [5, 5.41) is 9.45. The van der Waals surface area contributed by atoms with E-state index in [0.717, 1.165) is 17.5 Å². The number of thiophene rings is 1. The van der Waals surface area contributed by atoms with Gasteiger partial charge in [-0.15, -0.1) is 11.3 Å². The van der Waals surface area contributed by atoms with E-state index in [4.69, 9.17) is 22.6 Å². The Kier molecular flexibility index (Phi) is 2.02. The van der Waals surface area contributed by atoms with Crippen molar-refractivity contribution >= 4 is 38.0 Å². The molecule has 0 aliphatic heterocycles. The Morgan fingerprint density at radius 1 is 1.64 bits per heavy atom. The first-order valence-corrected chi connectivity index (χ1v) is 4.76. The minimum atomic E-state index is -0.511. The molecule has 0 saturated heterocycles. The van der Waals surface area contributed by atoms with Crippen LogP contribution < -0.4 is 5.73 Å². The molecule has 0 aliphatic rings. The van der Waals surface area contributed by atoms with E-state index in [0.29, 0.717) is 5.39 Å². The van der Waals surface area contributed by atoms with Gasteiger partial charge in [-0.3, -0.25) is 0 Å². The van der Waals surface area contributed by atoms with Crippen LogP contribution in [0.4, 0.5) is 9.39 Å². The molecule has 2 aromatic heterocycles. The average molecular weight is 228 g/mol. The molecule has 0 fully saturated rings. The van der Waals surface area contributed by atoms with Crippen LogP contribution >= 0.6 is 22.9 Å². The number of nitriles is 1. The fraction of sp³-hybridized carbons (Fsp3) is 0.